The van der Waals surface area contributed by atoms with Crippen molar-refractivity contribution < 1.29 is 34.5 Å². The van der Waals surface area contributed by atoms with Crippen LogP contribution in [0.3, 0.4) is 0 Å². The van der Waals surface area contributed by atoms with Crippen molar-refractivity contribution in [2.75, 3.05) is 6.61 Å². The first-order chi connectivity index (χ1) is 13.8. The van der Waals surface area contributed by atoms with Gasteiger partial charge in [0.1, 0.15) is 23.2 Å². The number of rotatable bonds is 4. The van der Waals surface area contributed by atoms with Crippen molar-refractivity contribution in [1.82, 2.24) is 5.48 Å². The van der Waals surface area contributed by atoms with E-state index in [1.165, 1.54) is 0 Å². The number of aromatic hydroxyl groups is 2. The molecule has 0 saturated heterocycles. The second-order valence-corrected chi connectivity index (χ2v) is 7.35. The van der Waals surface area contributed by atoms with E-state index >= 15 is 0 Å². The molecule has 1 aliphatic heterocycles. The Bertz CT molecular complexity index is 766. The number of carboxylic acid groups (broad SMARTS) is 1. The highest BCUT2D eigenvalue weighted by molar-refractivity contribution is 6.33. The lowest BCUT2D eigenvalue weighted by molar-refractivity contribution is -0.146. The van der Waals surface area contributed by atoms with Gasteiger partial charge < -0.3 is 20.1 Å². The van der Waals surface area contributed by atoms with Gasteiger partial charge in [0.25, 0.3) is 0 Å². The van der Waals surface area contributed by atoms with E-state index in [1.807, 2.05) is 12.2 Å². The number of phenols is 2. The van der Waals surface area contributed by atoms with Gasteiger partial charge in [-0.05, 0) is 44.6 Å². The van der Waals surface area contributed by atoms with Crippen LogP contribution in [0.2, 0.25) is 5.02 Å². The molecule has 160 valence electrons. The van der Waals surface area contributed by atoms with Crippen LogP contribution in [0.25, 0.3) is 0 Å². The third kappa shape index (κ3) is 6.92. The summed E-state index contributed by atoms with van der Waals surface area (Å²) in [5, 5.41) is 28.9. The number of carbonyl (C=O) groups excluding carboxylic acids is 1. The number of allylic oxidation sites excluding steroid dienone is 1. The van der Waals surface area contributed by atoms with E-state index in [2.05, 4.69) is 5.48 Å². The summed E-state index contributed by atoms with van der Waals surface area (Å²) in [6.07, 6.45) is 6.90. The second-order valence-electron chi connectivity index (χ2n) is 6.97. The molecule has 0 spiro atoms. The molecule has 1 heterocycles. The number of fused-ring (bicyclic) bond motifs is 1. The first-order valence-corrected chi connectivity index (χ1v) is 9.85. The van der Waals surface area contributed by atoms with Gasteiger partial charge in [-0.2, -0.15) is 5.48 Å². The van der Waals surface area contributed by atoms with Crippen LogP contribution in [0.15, 0.2) is 18.2 Å². The Hall–Kier alpha value is -2.29. The summed E-state index contributed by atoms with van der Waals surface area (Å²) in [6.45, 7) is 1.29. The SMILES string of the molecule is CC1CC=CCCC(NOCC(=O)O)CCCc2c(Cl)c(O)cc(O)c2C(=O)O1. The van der Waals surface area contributed by atoms with Crippen molar-refractivity contribution in [3.8, 4) is 11.5 Å². The monoisotopic (exact) mass is 427 g/mol. The molecule has 0 amide bonds. The molecule has 1 aromatic carbocycles. The smallest absolute Gasteiger partial charge is 0.342 e. The van der Waals surface area contributed by atoms with Gasteiger partial charge in [-0.25, -0.2) is 9.59 Å². The number of esters is 1. The number of phenolic OH excluding ortho intramolecular Hbond substituents is 2. The Balaban J connectivity index is 2.24. The number of carbonyl (C=O) groups is 2. The fourth-order valence-corrected chi connectivity index (χ4v) is 3.39. The zero-order chi connectivity index (χ0) is 21.4. The van der Waals surface area contributed by atoms with Crippen LogP contribution >= 0.6 is 11.6 Å². The molecular formula is C20H26ClNO7. The van der Waals surface area contributed by atoms with Gasteiger partial charge in [0, 0.05) is 18.5 Å². The van der Waals surface area contributed by atoms with Gasteiger partial charge in [-0.3, -0.25) is 4.84 Å². The predicted octanol–water partition coefficient (Wildman–Crippen LogP) is 3.33. The fourth-order valence-electron chi connectivity index (χ4n) is 3.15. The Morgan fingerprint density at radius 1 is 1.31 bits per heavy atom. The minimum absolute atomic E-state index is 0.000953. The molecule has 1 aromatic rings. The number of ether oxygens (including phenoxy) is 1. The number of hydrogen-bond donors (Lipinski definition) is 4. The minimum atomic E-state index is -1.07. The quantitative estimate of drug-likeness (QED) is 0.327. The molecule has 1 aliphatic rings. The van der Waals surface area contributed by atoms with Crippen molar-refractivity contribution in [3.05, 3.63) is 34.4 Å². The average Bonchev–Trinajstić information content (AvgIpc) is 2.63. The number of cyclic esters (lactones) is 1. The summed E-state index contributed by atoms with van der Waals surface area (Å²) in [4.78, 5) is 28.3. The van der Waals surface area contributed by atoms with Crippen LogP contribution in [0.5, 0.6) is 11.5 Å². The number of hydrogen-bond acceptors (Lipinski definition) is 7. The highest BCUT2D eigenvalue weighted by Gasteiger charge is 2.25. The van der Waals surface area contributed by atoms with Gasteiger partial charge in [0.15, 0.2) is 6.61 Å². The Kier molecular flexibility index (Phi) is 8.75. The number of halogens is 1. The molecule has 4 N–H and O–H groups in total. The molecule has 0 aliphatic carbocycles. The summed E-state index contributed by atoms with van der Waals surface area (Å²) < 4.78 is 5.42. The van der Waals surface area contributed by atoms with Crippen molar-refractivity contribution in [1.29, 1.82) is 0 Å². The van der Waals surface area contributed by atoms with Gasteiger partial charge in [0.2, 0.25) is 0 Å². The van der Waals surface area contributed by atoms with Gasteiger partial charge in [0.05, 0.1) is 5.02 Å². The first-order valence-electron chi connectivity index (χ1n) is 9.48. The molecule has 29 heavy (non-hydrogen) atoms. The first kappa shape index (κ1) is 23.0. The summed E-state index contributed by atoms with van der Waals surface area (Å²) in [5.41, 5.74) is 3.04. The lowest BCUT2D eigenvalue weighted by atomic mass is 9.97. The maximum atomic E-state index is 12.6. The predicted molar refractivity (Wildman–Crippen MR) is 106 cm³/mol. The molecule has 9 heteroatoms. The summed E-state index contributed by atoms with van der Waals surface area (Å²) in [6, 6.07) is 0.916. The van der Waals surface area contributed by atoms with Crippen molar-refractivity contribution in [2.45, 2.75) is 57.6 Å². The molecule has 0 saturated carbocycles. The van der Waals surface area contributed by atoms with E-state index in [9.17, 15) is 19.8 Å². The molecule has 2 atom stereocenters. The Morgan fingerprint density at radius 3 is 2.79 bits per heavy atom. The normalized spacial score (nSPS) is 21.1. The Morgan fingerprint density at radius 2 is 2.07 bits per heavy atom. The largest absolute Gasteiger partial charge is 0.507 e. The zero-order valence-corrected chi connectivity index (χ0v) is 16.9. The van der Waals surface area contributed by atoms with Crippen LogP contribution in [-0.4, -0.2) is 46.0 Å². The highest BCUT2D eigenvalue weighted by atomic mass is 35.5. The Labute approximate surface area is 174 Å². The molecule has 0 radical (unpaired) electrons. The van der Waals surface area contributed by atoms with Gasteiger partial charge in [-0.15, -0.1) is 0 Å². The second kappa shape index (κ2) is 11.0. The summed E-state index contributed by atoms with van der Waals surface area (Å²) in [5.74, 6) is -2.47. The van der Waals surface area contributed by atoms with Crippen LogP contribution in [0.4, 0.5) is 0 Å². The average molecular weight is 428 g/mol. The zero-order valence-electron chi connectivity index (χ0n) is 16.2. The number of nitrogens with one attached hydrogen (secondary N) is 1. The summed E-state index contributed by atoms with van der Waals surface area (Å²) in [7, 11) is 0. The third-order valence-electron chi connectivity index (χ3n) is 4.58. The maximum Gasteiger partial charge on any atom is 0.342 e. The summed E-state index contributed by atoms with van der Waals surface area (Å²) >= 11 is 6.21. The molecule has 2 unspecified atom stereocenters. The number of aliphatic carboxylic acids is 1. The topological polar surface area (TPSA) is 125 Å². The van der Waals surface area contributed by atoms with E-state index in [0.717, 1.165) is 18.9 Å². The van der Waals surface area contributed by atoms with E-state index in [1.54, 1.807) is 6.92 Å². The molecular weight excluding hydrogens is 402 g/mol. The standard InChI is InChI=1S/C20H26ClNO7/c1-12-6-3-2-4-7-13(22-28-11-17(25)26)8-5-9-14-18(20(27)29-12)15(23)10-16(24)19(14)21/h2-3,10,12-13,22-24H,4-9,11H2,1H3,(H,25,26). The molecule has 0 fully saturated rings. The van der Waals surface area contributed by atoms with E-state index in [4.69, 9.17) is 26.3 Å². The third-order valence-corrected chi connectivity index (χ3v) is 5.00. The molecule has 8 nitrogen and oxygen atoms in total. The van der Waals surface area contributed by atoms with E-state index < -0.39 is 24.6 Å². The number of benzene rings is 1. The highest BCUT2D eigenvalue weighted by Crippen LogP contribution is 2.37. The van der Waals surface area contributed by atoms with Crippen LogP contribution in [0.1, 0.15) is 54.9 Å². The molecule has 2 rings (SSSR count). The van der Waals surface area contributed by atoms with Crippen molar-refractivity contribution in [3.63, 3.8) is 0 Å². The minimum Gasteiger partial charge on any atom is -0.507 e. The number of carboxylic acids is 1. The van der Waals surface area contributed by atoms with Crippen LogP contribution in [0, 0.1) is 0 Å². The lowest BCUT2D eigenvalue weighted by Crippen LogP contribution is -2.31. The number of hydroxylamine groups is 1. The van der Waals surface area contributed by atoms with E-state index in [-0.39, 0.29) is 28.1 Å². The van der Waals surface area contributed by atoms with E-state index in [0.29, 0.717) is 31.2 Å². The molecule has 0 aromatic heterocycles. The van der Waals surface area contributed by atoms with Crippen molar-refractivity contribution >= 4 is 23.5 Å². The fraction of sp³-hybridized carbons (Fsp3) is 0.500. The van der Waals surface area contributed by atoms with Gasteiger partial charge >= 0.3 is 11.9 Å². The van der Waals surface area contributed by atoms with Gasteiger partial charge in [-0.1, -0.05) is 23.8 Å². The molecule has 0 bridgehead atoms. The van der Waals surface area contributed by atoms with Crippen LogP contribution in [-0.2, 0) is 20.8 Å². The lowest BCUT2D eigenvalue weighted by Gasteiger charge is -2.20. The maximum absolute atomic E-state index is 12.6. The van der Waals surface area contributed by atoms with Crippen LogP contribution < -0.4 is 5.48 Å². The van der Waals surface area contributed by atoms with Crippen molar-refractivity contribution in [2.24, 2.45) is 0 Å².